The number of allylic oxidation sites excluding steroid dienone is 1. The lowest BCUT2D eigenvalue weighted by Crippen LogP contribution is -2.27. The monoisotopic (exact) mass is 278 g/mol. The van der Waals surface area contributed by atoms with Crippen LogP contribution >= 0.6 is 0 Å². The summed E-state index contributed by atoms with van der Waals surface area (Å²) in [5, 5.41) is 9.29. The van der Waals surface area contributed by atoms with Crippen LogP contribution < -0.4 is 11.1 Å². The van der Waals surface area contributed by atoms with Gasteiger partial charge in [0, 0.05) is 12.7 Å². The Labute approximate surface area is 118 Å². The number of aromatic nitrogens is 3. The molecule has 0 aromatic carbocycles. The molecule has 0 unspecified atom stereocenters. The van der Waals surface area contributed by atoms with E-state index < -0.39 is 5.56 Å². The van der Waals surface area contributed by atoms with Gasteiger partial charge in [0.25, 0.3) is 11.1 Å². The van der Waals surface area contributed by atoms with Gasteiger partial charge in [-0.3, -0.25) is 18.6 Å². The molecule has 0 saturated heterocycles. The predicted molar refractivity (Wildman–Crippen MR) is 78.1 cm³/mol. The summed E-state index contributed by atoms with van der Waals surface area (Å²) >= 11 is 0. The van der Waals surface area contributed by atoms with Crippen molar-refractivity contribution in [1.29, 1.82) is 5.26 Å². The molecule has 0 amide bonds. The Kier molecular flexibility index (Phi) is 2.88. The maximum Gasteiger partial charge on any atom is 0.270 e. The predicted octanol–water partition coefficient (Wildman–Crippen LogP) is 1.07. The zero-order valence-electron chi connectivity index (χ0n) is 11.0. The highest BCUT2D eigenvalue weighted by molar-refractivity contribution is 5.77. The molecule has 0 spiro atoms. The highest BCUT2D eigenvalue weighted by atomic mass is 16.1. The zero-order valence-corrected chi connectivity index (χ0v) is 11.0. The fourth-order valence-corrected chi connectivity index (χ4v) is 2.25. The molecule has 0 saturated carbocycles. The van der Waals surface area contributed by atoms with E-state index in [0.717, 1.165) is 0 Å². The lowest BCUT2D eigenvalue weighted by atomic mass is 10.2. The van der Waals surface area contributed by atoms with Crippen LogP contribution in [0, 0.1) is 11.3 Å². The first-order chi connectivity index (χ1) is 10.2. The van der Waals surface area contributed by atoms with Crippen molar-refractivity contribution in [3.8, 4) is 6.07 Å². The molecular formula is C15H10N4O2. The van der Waals surface area contributed by atoms with Crippen LogP contribution in [0.15, 0.2) is 52.7 Å². The first kappa shape index (κ1) is 12.8. The average molecular weight is 278 g/mol. The van der Waals surface area contributed by atoms with Gasteiger partial charge in [-0.05, 0) is 18.2 Å². The minimum absolute atomic E-state index is 0.0841. The van der Waals surface area contributed by atoms with Gasteiger partial charge in [-0.2, -0.15) is 5.26 Å². The standard InChI is InChI=1S/C15H10N4O2/c1-2-6-19-13-11(8-10(9-16)14(19)20)15(21)18-7-4-3-5-12(18)17-13/h2-5,7-8H,1,6H2. The molecule has 6 heteroatoms. The van der Waals surface area contributed by atoms with E-state index in [-0.39, 0.29) is 28.7 Å². The molecule has 3 heterocycles. The zero-order chi connectivity index (χ0) is 15.0. The number of nitriles is 1. The van der Waals surface area contributed by atoms with E-state index in [1.54, 1.807) is 24.4 Å². The van der Waals surface area contributed by atoms with Crippen LogP contribution in [0.4, 0.5) is 0 Å². The number of rotatable bonds is 2. The van der Waals surface area contributed by atoms with Gasteiger partial charge in [0.05, 0.1) is 5.39 Å². The molecule has 3 aromatic rings. The van der Waals surface area contributed by atoms with Crippen molar-refractivity contribution in [3.63, 3.8) is 0 Å². The molecule has 0 N–H and O–H groups in total. The SMILES string of the molecule is C=CCn1c(=O)c(C#N)cc2c(=O)n3ccccc3nc21. The van der Waals surface area contributed by atoms with Gasteiger partial charge in [0.1, 0.15) is 17.3 Å². The lowest BCUT2D eigenvalue weighted by Gasteiger charge is -2.09. The Hall–Kier alpha value is -3.20. The van der Waals surface area contributed by atoms with E-state index in [4.69, 9.17) is 5.26 Å². The molecular weight excluding hydrogens is 268 g/mol. The number of nitrogens with zero attached hydrogens (tertiary/aromatic N) is 4. The fourth-order valence-electron chi connectivity index (χ4n) is 2.25. The molecule has 0 aliphatic rings. The van der Waals surface area contributed by atoms with E-state index in [0.29, 0.717) is 5.65 Å². The van der Waals surface area contributed by atoms with Gasteiger partial charge < -0.3 is 0 Å². The van der Waals surface area contributed by atoms with Crippen molar-refractivity contribution < 1.29 is 0 Å². The number of pyridine rings is 2. The van der Waals surface area contributed by atoms with Crippen LogP contribution in [-0.2, 0) is 6.54 Å². The minimum atomic E-state index is -0.475. The third-order valence-electron chi connectivity index (χ3n) is 3.20. The van der Waals surface area contributed by atoms with E-state index in [1.165, 1.54) is 21.1 Å². The van der Waals surface area contributed by atoms with E-state index in [1.807, 2.05) is 6.07 Å². The van der Waals surface area contributed by atoms with Crippen molar-refractivity contribution in [2.24, 2.45) is 0 Å². The van der Waals surface area contributed by atoms with Crippen molar-refractivity contribution in [3.05, 3.63) is 69.4 Å². The second-order valence-electron chi connectivity index (χ2n) is 4.46. The summed E-state index contributed by atoms with van der Waals surface area (Å²) in [6, 6.07) is 8.27. The summed E-state index contributed by atoms with van der Waals surface area (Å²) in [5.41, 5.74) is -0.173. The van der Waals surface area contributed by atoms with E-state index in [2.05, 4.69) is 11.6 Å². The second-order valence-corrected chi connectivity index (χ2v) is 4.46. The Morgan fingerprint density at radius 1 is 1.33 bits per heavy atom. The van der Waals surface area contributed by atoms with Gasteiger partial charge in [-0.1, -0.05) is 12.1 Å². The summed E-state index contributed by atoms with van der Waals surface area (Å²) in [7, 11) is 0. The quantitative estimate of drug-likeness (QED) is 0.518. The lowest BCUT2D eigenvalue weighted by molar-refractivity contribution is 0.800. The van der Waals surface area contributed by atoms with Gasteiger partial charge >= 0.3 is 0 Å². The Morgan fingerprint density at radius 3 is 2.86 bits per heavy atom. The maximum absolute atomic E-state index is 12.5. The fraction of sp³-hybridized carbons (Fsp3) is 0.0667. The average Bonchev–Trinajstić information content (AvgIpc) is 2.51. The molecule has 3 rings (SSSR count). The molecule has 0 aliphatic heterocycles. The molecule has 102 valence electrons. The molecule has 0 atom stereocenters. The minimum Gasteiger partial charge on any atom is -0.287 e. The second kappa shape index (κ2) is 4.72. The number of hydrogen-bond acceptors (Lipinski definition) is 4. The first-order valence-corrected chi connectivity index (χ1v) is 6.23. The highest BCUT2D eigenvalue weighted by Crippen LogP contribution is 2.09. The summed E-state index contributed by atoms with van der Waals surface area (Å²) in [4.78, 5) is 29.1. The Bertz CT molecular complexity index is 1040. The Morgan fingerprint density at radius 2 is 2.14 bits per heavy atom. The Balaban J connectivity index is 2.62. The molecule has 21 heavy (non-hydrogen) atoms. The summed E-state index contributed by atoms with van der Waals surface area (Å²) in [5.74, 6) is 0. The largest absolute Gasteiger partial charge is 0.287 e. The molecule has 0 bridgehead atoms. The topological polar surface area (TPSA) is 80.2 Å². The summed E-state index contributed by atoms with van der Waals surface area (Å²) < 4.78 is 2.67. The molecule has 3 aromatic heterocycles. The maximum atomic E-state index is 12.5. The number of fused-ring (bicyclic) bond motifs is 2. The van der Waals surface area contributed by atoms with Gasteiger partial charge in [-0.25, -0.2) is 4.98 Å². The summed E-state index contributed by atoms with van der Waals surface area (Å²) in [6.07, 6.45) is 3.12. The van der Waals surface area contributed by atoms with Crippen LogP contribution in [0.3, 0.4) is 0 Å². The smallest absolute Gasteiger partial charge is 0.270 e. The highest BCUT2D eigenvalue weighted by Gasteiger charge is 2.13. The van der Waals surface area contributed by atoms with Crippen LogP contribution in [0.5, 0.6) is 0 Å². The van der Waals surface area contributed by atoms with Gasteiger partial charge in [0.15, 0.2) is 5.65 Å². The molecule has 0 fully saturated rings. The first-order valence-electron chi connectivity index (χ1n) is 6.23. The normalized spacial score (nSPS) is 10.6. The van der Waals surface area contributed by atoms with Crippen LogP contribution in [0.1, 0.15) is 5.56 Å². The molecule has 0 aliphatic carbocycles. The van der Waals surface area contributed by atoms with Crippen LogP contribution in [0.25, 0.3) is 16.7 Å². The van der Waals surface area contributed by atoms with Crippen molar-refractivity contribution >= 4 is 16.7 Å². The van der Waals surface area contributed by atoms with Gasteiger partial charge in [0.2, 0.25) is 0 Å². The van der Waals surface area contributed by atoms with Crippen LogP contribution in [0.2, 0.25) is 0 Å². The van der Waals surface area contributed by atoms with Crippen molar-refractivity contribution in [1.82, 2.24) is 14.0 Å². The number of hydrogen-bond donors (Lipinski definition) is 0. The third-order valence-corrected chi connectivity index (χ3v) is 3.20. The van der Waals surface area contributed by atoms with E-state index >= 15 is 0 Å². The third kappa shape index (κ3) is 1.83. The molecule has 0 radical (unpaired) electrons. The van der Waals surface area contributed by atoms with Crippen molar-refractivity contribution in [2.45, 2.75) is 6.54 Å². The van der Waals surface area contributed by atoms with Gasteiger partial charge in [-0.15, -0.1) is 6.58 Å². The summed E-state index contributed by atoms with van der Waals surface area (Å²) in [6.45, 7) is 3.77. The molecule has 6 nitrogen and oxygen atoms in total. The van der Waals surface area contributed by atoms with E-state index in [9.17, 15) is 9.59 Å². The van der Waals surface area contributed by atoms with Crippen LogP contribution in [-0.4, -0.2) is 14.0 Å². The van der Waals surface area contributed by atoms with Crippen molar-refractivity contribution in [2.75, 3.05) is 0 Å².